The van der Waals surface area contributed by atoms with Crippen molar-refractivity contribution >= 4 is 35.0 Å². The predicted octanol–water partition coefficient (Wildman–Crippen LogP) is 3.84. The van der Waals surface area contributed by atoms with E-state index < -0.39 is 0 Å². The summed E-state index contributed by atoms with van der Waals surface area (Å²) in [5.41, 5.74) is 2.32. The number of carbonyl (C=O) groups is 1. The number of aromatic nitrogens is 5. The second-order valence-electron chi connectivity index (χ2n) is 5.77. The quantitative estimate of drug-likeness (QED) is 0.489. The van der Waals surface area contributed by atoms with Crippen LogP contribution in [-0.2, 0) is 4.79 Å². The van der Waals surface area contributed by atoms with Gasteiger partial charge in [0.2, 0.25) is 5.91 Å². The van der Waals surface area contributed by atoms with Crippen LogP contribution in [0.2, 0.25) is 5.02 Å². The maximum Gasteiger partial charge on any atom is 0.234 e. The van der Waals surface area contributed by atoms with Gasteiger partial charge in [-0.15, -0.1) is 10.2 Å². The minimum atomic E-state index is -0.148. The molecule has 1 amide bonds. The Morgan fingerprint density at radius 3 is 2.86 bits per heavy atom. The molecular formula is C19H15ClN6OS. The fourth-order valence-electron chi connectivity index (χ4n) is 2.63. The molecule has 28 heavy (non-hydrogen) atoms. The van der Waals surface area contributed by atoms with Crippen molar-refractivity contribution in [2.24, 2.45) is 0 Å². The molecule has 2 heterocycles. The van der Waals surface area contributed by atoms with Crippen LogP contribution in [-0.4, -0.2) is 36.2 Å². The van der Waals surface area contributed by atoms with Gasteiger partial charge in [-0.3, -0.25) is 9.36 Å². The SMILES string of the molecule is O=C(CSc1nncn1-c1cccc(Cl)c1)Nc1ccccc1-n1cccn1. The third kappa shape index (κ3) is 4.08. The lowest BCUT2D eigenvalue weighted by Crippen LogP contribution is -2.16. The zero-order chi connectivity index (χ0) is 19.3. The molecule has 0 aliphatic rings. The summed E-state index contributed by atoms with van der Waals surface area (Å²) in [7, 11) is 0. The molecule has 0 aliphatic carbocycles. The van der Waals surface area contributed by atoms with Crippen LogP contribution in [0, 0.1) is 0 Å². The van der Waals surface area contributed by atoms with Crippen LogP contribution in [0.5, 0.6) is 0 Å². The summed E-state index contributed by atoms with van der Waals surface area (Å²) in [5, 5.41) is 16.4. The molecule has 4 rings (SSSR count). The summed E-state index contributed by atoms with van der Waals surface area (Å²) in [4.78, 5) is 12.5. The second kappa shape index (κ2) is 8.28. The number of hydrogen-bond acceptors (Lipinski definition) is 5. The lowest BCUT2D eigenvalue weighted by molar-refractivity contribution is -0.113. The van der Waals surface area contributed by atoms with E-state index in [1.54, 1.807) is 27.8 Å². The summed E-state index contributed by atoms with van der Waals surface area (Å²) in [6, 6.07) is 16.7. The van der Waals surface area contributed by atoms with E-state index in [1.807, 2.05) is 54.7 Å². The highest BCUT2D eigenvalue weighted by atomic mass is 35.5. The highest BCUT2D eigenvalue weighted by Gasteiger charge is 2.12. The van der Waals surface area contributed by atoms with Crippen LogP contribution in [0.25, 0.3) is 11.4 Å². The summed E-state index contributed by atoms with van der Waals surface area (Å²) in [6.07, 6.45) is 5.11. The van der Waals surface area contributed by atoms with Gasteiger partial charge in [0.05, 0.1) is 22.8 Å². The van der Waals surface area contributed by atoms with Crippen LogP contribution in [0.4, 0.5) is 5.69 Å². The molecule has 1 N–H and O–H groups in total. The Bertz CT molecular complexity index is 1100. The van der Waals surface area contributed by atoms with Gasteiger partial charge in [-0.25, -0.2) is 4.68 Å². The molecule has 0 fully saturated rings. The van der Waals surface area contributed by atoms with Crippen molar-refractivity contribution < 1.29 is 4.79 Å². The van der Waals surface area contributed by atoms with Gasteiger partial charge in [-0.2, -0.15) is 5.10 Å². The first-order valence-electron chi connectivity index (χ1n) is 8.38. The molecule has 0 saturated carbocycles. The number of benzene rings is 2. The third-order valence-corrected chi connectivity index (χ3v) is 5.04. The molecule has 0 radical (unpaired) electrons. The van der Waals surface area contributed by atoms with E-state index >= 15 is 0 Å². The first kappa shape index (κ1) is 18.3. The molecule has 2 aromatic heterocycles. The number of thioether (sulfide) groups is 1. The maximum atomic E-state index is 12.5. The van der Waals surface area contributed by atoms with Crippen molar-refractivity contribution in [2.45, 2.75) is 5.16 Å². The number of nitrogens with zero attached hydrogens (tertiary/aromatic N) is 5. The van der Waals surface area contributed by atoms with Gasteiger partial charge in [-0.05, 0) is 36.4 Å². The van der Waals surface area contributed by atoms with Crippen LogP contribution in [0.15, 0.2) is 78.5 Å². The van der Waals surface area contributed by atoms with Gasteiger partial charge >= 0.3 is 0 Å². The normalized spacial score (nSPS) is 10.8. The molecule has 0 unspecified atom stereocenters. The van der Waals surface area contributed by atoms with E-state index in [0.29, 0.717) is 15.9 Å². The van der Waals surface area contributed by atoms with E-state index in [9.17, 15) is 4.79 Å². The molecule has 0 atom stereocenters. The smallest absolute Gasteiger partial charge is 0.234 e. The lowest BCUT2D eigenvalue weighted by Gasteiger charge is -2.11. The fraction of sp³-hybridized carbons (Fsp3) is 0.0526. The average Bonchev–Trinajstić information content (AvgIpc) is 3.39. The molecule has 2 aromatic carbocycles. The topological polar surface area (TPSA) is 77.6 Å². The second-order valence-corrected chi connectivity index (χ2v) is 7.15. The van der Waals surface area contributed by atoms with Crippen molar-refractivity contribution in [3.05, 3.63) is 78.3 Å². The minimum absolute atomic E-state index is 0.148. The fourth-order valence-corrected chi connectivity index (χ4v) is 3.55. The Morgan fingerprint density at radius 1 is 1.14 bits per heavy atom. The summed E-state index contributed by atoms with van der Waals surface area (Å²) < 4.78 is 3.50. The van der Waals surface area contributed by atoms with Gasteiger partial charge in [0, 0.05) is 17.4 Å². The molecule has 7 nitrogen and oxygen atoms in total. The van der Waals surface area contributed by atoms with E-state index in [2.05, 4.69) is 20.6 Å². The molecule has 0 aliphatic heterocycles. The van der Waals surface area contributed by atoms with Crippen LogP contribution < -0.4 is 5.32 Å². The first-order valence-corrected chi connectivity index (χ1v) is 9.75. The van der Waals surface area contributed by atoms with Crippen LogP contribution >= 0.6 is 23.4 Å². The lowest BCUT2D eigenvalue weighted by atomic mass is 10.2. The first-order chi connectivity index (χ1) is 13.7. The van der Waals surface area contributed by atoms with Crippen LogP contribution in [0.1, 0.15) is 0 Å². The monoisotopic (exact) mass is 410 g/mol. The molecule has 0 bridgehead atoms. The Morgan fingerprint density at radius 2 is 2.04 bits per heavy atom. The molecular weight excluding hydrogens is 396 g/mol. The number of hydrogen-bond donors (Lipinski definition) is 1. The van der Waals surface area contributed by atoms with Crippen molar-refractivity contribution in [3.63, 3.8) is 0 Å². The Labute approximate surface area is 170 Å². The summed E-state index contributed by atoms with van der Waals surface area (Å²) in [5.74, 6) is 0.0393. The van der Waals surface area contributed by atoms with Gasteiger partial charge in [0.15, 0.2) is 5.16 Å². The molecule has 4 aromatic rings. The molecule has 0 saturated heterocycles. The number of carbonyl (C=O) groups excluding carboxylic acids is 1. The Balaban J connectivity index is 1.45. The highest BCUT2D eigenvalue weighted by Crippen LogP contribution is 2.23. The molecule has 140 valence electrons. The zero-order valence-corrected chi connectivity index (χ0v) is 16.1. The maximum absolute atomic E-state index is 12.5. The van der Waals surface area contributed by atoms with E-state index in [0.717, 1.165) is 11.4 Å². The highest BCUT2D eigenvalue weighted by molar-refractivity contribution is 7.99. The number of nitrogens with one attached hydrogen (secondary N) is 1. The van der Waals surface area contributed by atoms with E-state index in [-0.39, 0.29) is 11.7 Å². The van der Waals surface area contributed by atoms with Gasteiger partial charge in [0.25, 0.3) is 0 Å². The summed E-state index contributed by atoms with van der Waals surface area (Å²) >= 11 is 7.35. The third-order valence-electron chi connectivity index (χ3n) is 3.86. The predicted molar refractivity (Wildman–Crippen MR) is 109 cm³/mol. The largest absolute Gasteiger partial charge is 0.323 e. The number of para-hydroxylation sites is 2. The number of amides is 1. The number of anilines is 1. The Kier molecular flexibility index (Phi) is 5.41. The van der Waals surface area contributed by atoms with Gasteiger partial charge in [-0.1, -0.05) is 41.6 Å². The summed E-state index contributed by atoms with van der Waals surface area (Å²) in [6.45, 7) is 0. The van der Waals surface area contributed by atoms with Gasteiger partial charge in [0.1, 0.15) is 6.33 Å². The number of rotatable bonds is 6. The zero-order valence-electron chi connectivity index (χ0n) is 14.6. The van der Waals surface area contributed by atoms with E-state index in [4.69, 9.17) is 11.6 Å². The molecule has 0 spiro atoms. The average molecular weight is 411 g/mol. The molecule has 9 heteroatoms. The van der Waals surface area contributed by atoms with Gasteiger partial charge < -0.3 is 5.32 Å². The van der Waals surface area contributed by atoms with Crippen molar-refractivity contribution in [1.29, 1.82) is 0 Å². The minimum Gasteiger partial charge on any atom is -0.323 e. The van der Waals surface area contributed by atoms with Crippen molar-refractivity contribution in [2.75, 3.05) is 11.1 Å². The van der Waals surface area contributed by atoms with E-state index in [1.165, 1.54) is 11.8 Å². The standard InChI is InChI=1S/C19H15ClN6OS/c20-14-5-3-6-15(11-14)25-13-21-24-19(25)28-12-18(27)23-16-7-1-2-8-17(16)26-10-4-9-22-26/h1-11,13H,12H2,(H,23,27). The van der Waals surface area contributed by atoms with Crippen molar-refractivity contribution in [1.82, 2.24) is 24.5 Å². The Hall–Kier alpha value is -3.10. The number of halogens is 1. The van der Waals surface area contributed by atoms with Crippen LogP contribution in [0.3, 0.4) is 0 Å². The van der Waals surface area contributed by atoms with Crippen molar-refractivity contribution in [3.8, 4) is 11.4 Å².